The number of carboxylic acids is 4. The molecule has 0 aliphatic rings. The molecule has 0 bridgehead atoms. The van der Waals surface area contributed by atoms with Gasteiger partial charge in [0.05, 0.1) is 0 Å². The van der Waals surface area contributed by atoms with E-state index >= 15 is 0 Å². The Bertz CT molecular complexity index is 1580. The topological polar surface area (TPSA) is 376 Å². The number of rotatable bonds is 27. The summed E-state index contributed by atoms with van der Waals surface area (Å²) in [7, 11) is 1.19. The first-order valence-corrected chi connectivity index (χ1v) is 19.3. The van der Waals surface area contributed by atoms with Crippen LogP contribution in [0.5, 0.6) is 0 Å². The number of alkyl halides is 6. The van der Waals surface area contributed by atoms with Crippen molar-refractivity contribution in [1.29, 1.82) is 0 Å². The molecule has 0 fully saturated rings. The maximum Gasteiger partial charge on any atom is 0.471 e. The smallest absolute Gasteiger partial charge is 0.471 e. The fraction of sp³-hybridized carbons (Fsp3) is 0.600. The standard InChI is InChI=1S/C30H38F6N6O18S2/c1-11(43)59-7-15(37-19(45)5-3-13(23(49)50)41-27(57)29(31,32)33)21(47)39-17(25(53)54)9-61-62-10-18(26(55)56)40-22(48)16(8-60-12(2)44)38-20(46)6-4-14(24(51)52)42-28(58)30(34,35)36/h13-18H,3-10H2,1-2H3,(H,37,45)(H,38,46)(H,39,47)(H,40,48)(H,41,57)(H,42,58)(H,49,50)(H,51,52)(H,53,54)(H,55,56)/t13-,14-,15-,16-,17-,18-/m0/s1. The molecular weight excluding hydrogens is 910 g/mol. The quantitative estimate of drug-likeness (QED) is 0.0175. The van der Waals surface area contributed by atoms with Gasteiger partial charge in [-0.1, -0.05) is 21.6 Å². The monoisotopic (exact) mass is 948 g/mol. The predicted octanol–water partition coefficient (Wildman–Crippen LogP) is -2.57. The van der Waals surface area contributed by atoms with Crippen LogP contribution in [0.1, 0.15) is 39.5 Å². The number of nitrogens with one attached hydrogen (secondary N) is 6. The van der Waals surface area contributed by atoms with Gasteiger partial charge in [0.25, 0.3) is 0 Å². The maximum absolute atomic E-state index is 12.9. The highest BCUT2D eigenvalue weighted by Crippen LogP contribution is 2.23. The molecule has 0 rings (SSSR count). The van der Waals surface area contributed by atoms with E-state index < -0.39 is 170 Å². The molecule has 350 valence electrons. The number of esters is 2. The first-order chi connectivity index (χ1) is 28.5. The summed E-state index contributed by atoms with van der Waals surface area (Å²) in [5.41, 5.74) is 0. The van der Waals surface area contributed by atoms with E-state index in [2.05, 4.69) is 9.47 Å². The third kappa shape index (κ3) is 23.1. The average Bonchev–Trinajstić information content (AvgIpc) is 3.13. The number of amides is 6. The van der Waals surface area contributed by atoms with Crippen LogP contribution in [0.4, 0.5) is 26.3 Å². The van der Waals surface area contributed by atoms with Gasteiger partial charge in [0.15, 0.2) is 0 Å². The molecule has 62 heavy (non-hydrogen) atoms. The molecule has 32 heteroatoms. The zero-order valence-corrected chi connectivity index (χ0v) is 33.3. The fourth-order valence-corrected chi connectivity index (χ4v) is 6.28. The highest BCUT2D eigenvalue weighted by Gasteiger charge is 2.42. The lowest BCUT2D eigenvalue weighted by Crippen LogP contribution is -2.54. The van der Waals surface area contributed by atoms with Crippen molar-refractivity contribution in [2.45, 2.75) is 88.1 Å². The van der Waals surface area contributed by atoms with Crippen LogP contribution in [0.15, 0.2) is 0 Å². The maximum atomic E-state index is 12.9. The van der Waals surface area contributed by atoms with Crippen LogP contribution in [-0.4, -0.2) is 165 Å². The minimum Gasteiger partial charge on any atom is -0.480 e. The molecule has 0 radical (unpaired) electrons. The lowest BCUT2D eigenvalue weighted by Gasteiger charge is -2.22. The summed E-state index contributed by atoms with van der Waals surface area (Å²) in [6.07, 6.45) is -14.6. The van der Waals surface area contributed by atoms with Gasteiger partial charge >= 0.3 is 60.0 Å². The molecule has 0 saturated heterocycles. The predicted molar refractivity (Wildman–Crippen MR) is 191 cm³/mol. The minimum atomic E-state index is -5.46. The first-order valence-electron chi connectivity index (χ1n) is 16.8. The van der Waals surface area contributed by atoms with Crippen LogP contribution < -0.4 is 31.9 Å². The number of carboxylic acid groups (broad SMARTS) is 4. The summed E-state index contributed by atoms with van der Waals surface area (Å²) in [5.74, 6) is -20.8. The zero-order valence-electron chi connectivity index (χ0n) is 31.7. The Morgan fingerprint density at radius 1 is 0.468 bits per heavy atom. The van der Waals surface area contributed by atoms with Gasteiger partial charge in [0, 0.05) is 38.2 Å². The van der Waals surface area contributed by atoms with Crippen LogP contribution in [-0.2, 0) is 67.0 Å². The molecular formula is C30H38F6N6O18S2. The van der Waals surface area contributed by atoms with Crippen molar-refractivity contribution in [3.63, 3.8) is 0 Å². The van der Waals surface area contributed by atoms with E-state index in [0.717, 1.165) is 24.5 Å². The number of ether oxygens (including phenoxy) is 2. The number of halogens is 6. The number of aliphatic carboxylic acids is 4. The fourth-order valence-electron chi connectivity index (χ4n) is 3.97. The molecule has 0 unspecified atom stereocenters. The van der Waals surface area contributed by atoms with Gasteiger partial charge in [-0.2, -0.15) is 26.3 Å². The van der Waals surface area contributed by atoms with Crippen molar-refractivity contribution < 1.29 is 114 Å². The lowest BCUT2D eigenvalue weighted by atomic mass is 10.1. The van der Waals surface area contributed by atoms with E-state index in [4.69, 9.17) is 10.2 Å². The molecule has 0 saturated carbocycles. The Labute approximate surface area is 351 Å². The molecule has 6 atom stereocenters. The molecule has 0 aliphatic heterocycles. The molecule has 0 aromatic heterocycles. The Morgan fingerprint density at radius 3 is 1.00 bits per heavy atom. The van der Waals surface area contributed by atoms with Crippen molar-refractivity contribution >= 4 is 92.8 Å². The van der Waals surface area contributed by atoms with Crippen molar-refractivity contribution in [3.8, 4) is 0 Å². The van der Waals surface area contributed by atoms with Crippen LogP contribution in [0, 0.1) is 0 Å². The van der Waals surface area contributed by atoms with Gasteiger partial charge in [-0.25, -0.2) is 19.2 Å². The zero-order chi connectivity index (χ0) is 48.1. The van der Waals surface area contributed by atoms with Gasteiger partial charge in [0.2, 0.25) is 23.6 Å². The Morgan fingerprint density at radius 2 is 0.758 bits per heavy atom. The van der Waals surface area contributed by atoms with Gasteiger partial charge in [-0.3, -0.25) is 38.4 Å². The van der Waals surface area contributed by atoms with E-state index in [9.17, 15) is 94.1 Å². The molecule has 6 amide bonds. The second kappa shape index (κ2) is 26.3. The lowest BCUT2D eigenvalue weighted by molar-refractivity contribution is -0.175. The van der Waals surface area contributed by atoms with Gasteiger partial charge in [0.1, 0.15) is 49.5 Å². The Kier molecular flexibility index (Phi) is 23.7. The van der Waals surface area contributed by atoms with E-state index in [1.807, 2.05) is 21.3 Å². The first kappa shape index (κ1) is 55.9. The highest BCUT2D eigenvalue weighted by molar-refractivity contribution is 8.76. The van der Waals surface area contributed by atoms with E-state index in [1.54, 1.807) is 0 Å². The second-order valence-corrected chi connectivity index (χ2v) is 14.6. The average molecular weight is 949 g/mol. The van der Waals surface area contributed by atoms with Crippen molar-refractivity contribution in [2.24, 2.45) is 0 Å². The summed E-state index contributed by atoms with van der Waals surface area (Å²) >= 11 is 0. The molecule has 0 aromatic rings. The Balaban J connectivity index is 5.61. The molecule has 10 N–H and O–H groups in total. The summed E-state index contributed by atoms with van der Waals surface area (Å²) in [4.78, 5) is 142. The van der Waals surface area contributed by atoms with Crippen molar-refractivity contribution in [1.82, 2.24) is 31.9 Å². The molecule has 24 nitrogen and oxygen atoms in total. The summed E-state index contributed by atoms with van der Waals surface area (Å²) in [6.45, 7) is -0.109. The summed E-state index contributed by atoms with van der Waals surface area (Å²) in [5, 5.41) is 47.7. The largest absolute Gasteiger partial charge is 0.480 e. The minimum absolute atomic E-state index is 0.578. The molecule has 0 heterocycles. The Hall–Kier alpha value is -6.08. The third-order valence-corrected chi connectivity index (χ3v) is 9.46. The van der Waals surface area contributed by atoms with Crippen molar-refractivity contribution in [2.75, 3.05) is 24.7 Å². The highest BCUT2D eigenvalue weighted by atomic mass is 33.1. The van der Waals surface area contributed by atoms with Crippen molar-refractivity contribution in [3.05, 3.63) is 0 Å². The molecule has 0 aliphatic carbocycles. The van der Waals surface area contributed by atoms with Crippen LogP contribution in [0.2, 0.25) is 0 Å². The molecule has 0 aromatic carbocycles. The second-order valence-electron chi connectivity index (χ2n) is 12.0. The summed E-state index contributed by atoms with van der Waals surface area (Å²) in [6, 6.07) is -11.9. The van der Waals surface area contributed by atoms with E-state index in [1.165, 1.54) is 0 Å². The number of hydrogen-bond acceptors (Lipinski definition) is 16. The van der Waals surface area contributed by atoms with Crippen LogP contribution in [0.3, 0.4) is 0 Å². The SMILES string of the molecule is CC(=O)OC[C@H](NC(=O)CC[C@H](NC(=O)C(F)(F)F)C(=O)O)C(=O)N[C@@H](CSSC[C@H](NC(=O)[C@H](COC(C)=O)NC(=O)CC[C@H](NC(=O)C(F)(F)F)C(=O)O)C(=O)O)C(=O)O. The van der Waals surface area contributed by atoms with Gasteiger partial charge in [-0.15, -0.1) is 0 Å². The summed E-state index contributed by atoms with van der Waals surface area (Å²) < 4.78 is 84.6. The van der Waals surface area contributed by atoms with Crippen LogP contribution in [0.25, 0.3) is 0 Å². The third-order valence-electron chi connectivity index (χ3n) is 7.03. The number of hydrogen-bond donors (Lipinski definition) is 10. The molecule has 0 spiro atoms. The van der Waals surface area contributed by atoms with Gasteiger partial charge in [-0.05, 0) is 12.8 Å². The van der Waals surface area contributed by atoms with Crippen LogP contribution >= 0.6 is 21.6 Å². The number of carbonyl (C=O) groups excluding carboxylic acids is 8. The normalized spacial score (nSPS) is 14.1. The van der Waals surface area contributed by atoms with E-state index in [0.29, 0.717) is 21.6 Å². The van der Waals surface area contributed by atoms with Gasteiger partial charge < -0.3 is 61.8 Å². The number of carbonyl (C=O) groups is 12. The van der Waals surface area contributed by atoms with E-state index in [-0.39, 0.29) is 0 Å².